The summed E-state index contributed by atoms with van der Waals surface area (Å²) in [7, 11) is 0. The molecule has 7 heteroatoms. The van der Waals surface area contributed by atoms with Crippen molar-refractivity contribution in [3.8, 4) is 5.75 Å². The smallest absolute Gasteiger partial charge is 0.422 e. The minimum absolute atomic E-state index is 0.0139. The molecule has 3 fully saturated rings. The van der Waals surface area contributed by atoms with Crippen LogP contribution < -0.4 is 4.74 Å². The number of ether oxygens (including phenoxy) is 1. The molecule has 0 radical (unpaired) electrons. The van der Waals surface area contributed by atoms with Crippen LogP contribution in [-0.4, -0.2) is 6.11 Å². The summed E-state index contributed by atoms with van der Waals surface area (Å²) >= 11 is 0. The van der Waals surface area contributed by atoms with Gasteiger partial charge in [-0.3, -0.25) is 0 Å². The Kier molecular flexibility index (Phi) is 10.8. The van der Waals surface area contributed by atoms with E-state index in [1.807, 2.05) is 0 Å². The Hall–Kier alpha value is -1.40. The molecule has 3 aliphatic rings. The fraction of sp³-hybridized carbons (Fsp3) is 0.818. The Balaban J connectivity index is 1.38. The van der Waals surface area contributed by atoms with Crippen LogP contribution in [0.4, 0.5) is 26.3 Å². The topological polar surface area (TPSA) is 9.23 Å². The van der Waals surface area contributed by atoms with Crippen molar-refractivity contribution in [2.75, 3.05) is 0 Å². The third-order valence-corrected chi connectivity index (χ3v) is 10.5. The Labute approximate surface area is 236 Å². The van der Waals surface area contributed by atoms with E-state index in [0.717, 1.165) is 63.4 Å². The summed E-state index contributed by atoms with van der Waals surface area (Å²) < 4.78 is 91.7. The minimum Gasteiger partial charge on any atom is -0.432 e. The van der Waals surface area contributed by atoms with Crippen molar-refractivity contribution in [2.24, 2.45) is 29.6 Å². The van der Waals surface area contributed by atoms with Gasteiger partial charge in [0.05, 0.1) is 6.42 Å². The zero-order chi connectivity index (χ0) is 28.9. The molecule has 4 rings (SSSR count). The van der Waals surface area contributed by atoms with Crippen LogP contribution in [0.15, 0.2) is 12.1 Å². The summed E-state index contributed by atoms with van der Waals surface area (Å²) in [6, 6.07) is 2.17. The monoisotopic (exact) mass is 574 g/mol. The predicted octanol–water partition coefficient (Wildman–Crippen LogP) is 11.7. The lowest BCUT2D eigenvalue weighted by molar-refractivity contribution is -0.189. The number of hydrogen-bond acceptors (Lipinski definition) is 1. The third-order valence-electron chi connectivity index (χ3n) is 10.5. The molecule has 0 aliphatic heterocycles. The average Bonchev–Trinajstić information content (AvgIpc) is 2.92. The van der Waals surface area contributed by atoms with E-state index in [-0.39, 0.29) is 23.8 Å². The highest BCUT2D eigenvalue weighted by molar-refractivity contribution is 5.42. The molecule has 0 N–H and O–H groups in total. The minimum atomic E-state index is -5.13. The second-order valence-electron chi connectivity index (χ2n) is 13.1. The van der Waals surface area contributed by atoms with Crippen molar-refractivity contribution in [1.82, 2.24) is 0 Å². The summed E-state index contributed by atoms with van der Waals surface area (Å²) in [6.07, 6.45) is 5.75. The molecule has 1 nitrogen and oxygen atoms in total. The molecule has 0 spiro atoms. The highest BCUT2D eigenvalue weighted by atomic mass is 19.4. The fourth-order valence-electron chi connectivity index (χ4n) is 8.01. The summed E-state index contributed by atoms with van der Waals surface area (Å²) in [5.74, 6) is -0.104. The summed E-state index contributed by atoms with van der Waals surface area (Å²) in [4.78, 5) is 0. The van der Waals surface area contributed by atoms with Gasteiger partial charge < -0.3 is 4.74 Å². The van der Waals surface area contributed by atoms with E-state index in [0.29, 0.717) is 30.6 Å². The number of alkyl halides is 5. The lowest BCUT2D eigenvalue weighted by atomic mass is 9.68. The number of hydrogen-bond donors (Lipinski definition) is 0. The van der Waals surface area contributed by atoms with Gasteiger partial charge in [-0.25, -0.2) is 4.39 Å². The Morgan fingerprint density at radius 2 is 1.23 bits per heavy atom. The van der Waals surface area contributed by atoms with Crippen molar-refractivity contribution >= 4 is 0 Å². The summed E-state index contributed by atoms with van der Waals surface area (Å²) in [5, 5.41) is 0. The van der Waals surface area contributed by atoms with E-state index in [9.17, 15) is 22.0 Å². The maximum Gasteiger partial charge on any atom is 0.422 e. The molecule has 40 heavy (non-hydrogen) atoms. The van der Waals surface area contributed by atoms with Gasteiger partial charge in [-0.05, 0) is 92.1 Å². The first-order valence-corrected chi connectivity index (χ1v) is 16.0. The van der Waals surface area contributed by atoms with E-state index in [4.69, 9.17) is 0 Å². The quantitative estimate of drug-likeness (QED) is 0.253. The fourth-order valence-corrected chi connectivity index (χ4v) is 8.01. The molecule has 0 heterocycles. The van der Waals surface area contributed by atoms with E-state index in [1.165, 1.54) is 38.2 Å². The highest BCUT2D eigenvalue weighted by Gasteiger charge is 2.43. The normalized spacial score (nSPS) is 30.3. The van der Waals surface area contributed by atoms with Gasteiger partial charge in [-0.1, -0.05) is 77.7 Å². The number of halogens is 6. The molecule has 228 valence electrons. The summed E-state index contributed by atoms with van der Waals surface area (Å²) in [5.41, 5.74) is -1.70. The predicted molar refractivity (Wildman–Crippen MR) is 147 cm³/mol. The molecule has 0 bridgehead atoms. The first kappa shape index (κ1) is 31.5. The zero-order valence-corrected chi connectivity index (χ0v) is 24.3. The molecule has 0 unspecified atom stereocenters. The molecule has 1 aromatic rings. The van der Waals surface area contributed by atoms with E-state index >= 15 is 4.39 Å². The number of benzene rings is 1. The standard InChI is InChI=1S/C33H48F6O/c1-3-5-23-6-8-24(9-7-23)20-21-32(35,36)40-29-19-18-28(31(34)30(29)33(37,38)39)27-16-14-26(15-17-27)25-12-10-22(4-2)11-13-25/h18-19,22-27H,3-17,20-21H2,1-2H3. The molecule has 0 amide bonds. The van der Waals surface area contributed by atoms with Crippen molar-refractivity contribution in [3.63, 3.8) is 0 Å². The van der Waals surface area contributed by atoms with Crippen molar-refractivity contribution in [1.29, 1.82) is 0 Å². The van der Waals surface area contributed by atoms with Crippen LogP contribution in [0.5, 0.6) is 5.75 Å². The lowest BCUT2D eigenvalue weighted by Crippen LogP contribution is -2.28. The van der Waals surface area contributed by atoms with Gasteiger partial charge in [-0.2, -0.15) is 22.0 Å². The average molecular weight is 575 g/mol. The summed E-state index contributed by atoms with van der Waals surface area (Å²) in [6.45, 7) is 4.37. The maximum absolute atomic E-state index is 15.5. The molecule has 0 atom stereocenters. The molecule has 1 aromatic carbocycles. The van der Waals surface area contributed by atoms with Gasteiger partial charge in [-0.15, -0.1) is 0 Å². The van der Waals surface area contributed by atoms with Crippen LogP contribution in [0.3, 0.4) is 0 Å². The van der Waals surface area contributed by atoms with Crippen molar-refractivity contribution in [3.05, 3.63) is 29.1 Å². The zero-order valence-electron chi connectivity index (χ0n) is 24.3. The van der Waals surface area contributed by atoms with Gasteiger partial charge in [0.2, 0.25) is 0 Å². The van der Waals surface area contributed by atoms with Crippen LogP contribution in [-0.2, 0) is 6.18 Å². The van der Waals surface area contributed by atoms with Crippen LogP contribution in [0.2, 0.25) is 0 Å². The van der Waals surface area contributed by atoms with Gasteiger partial charge in [0.15, 0.2) is 0 Å². The maximum atomic E-state index is 15.5. The van der Waals surface area contributed by atoms with Crippen molar-refractivity contribution in [2.45, 2.75) is 141 Å². The van der Waals surface area contributed by atoms with E-state index in [2.05, 4.69) is 18.6 Å². The van der Waals surface area contributed by atoms with Crippen molar-refractivity contribution < 1.29 is 31.1 Å². The molecule has 0 aromatic heterocycles. The molecular formula is C33H48F6O. The van der Waals surface area contributed by atoms with Gasteiger partial charge in [0.25, 0.3) is 0 Å². The second-order valence-corrected chi connectivity index (χ2v) is 13.1. The first-order chi connectivity index (χ1) is 19.0. The van der Waals surface area contributed by atoms with Crippen LogP contribution in [0, 0.1) is 35.4 Å². The molecule has 0 saturated heterocycles. The van der Waals surface area contributed by atoms with Crippen LogP contribution >= 0.6 is 0 Å². The van der Waals surface area contributed by atoms with Crippen LogP contribution in [0.25, 0.3) is 0 Å². The molecular weight excluding hydrogens is 526 g/mol. The Bertz CT molecular complexity index is 920. The van der Waals surface area contributed by atoms with Gasteiger partial charge in [0, 0.05) is 0 Å². The molecule has 3 saturated carbocycles. The number of rotatable bonds is 10. The lowest BCUT2D eigenvalue weighted by Gasteiger charge is -2.38. The largest absolute Gasteiger partial charge is 0.432 e. The molecule has 3 aliphatic carbocycles. The third kappa shape index (κ3) is 8.12. The first-order valence-electron chi connectivity index (χ1n) is 16.0. The Morgan fingerprint density at radius 1 is 0.700 bits per heavy atom. The SMILES string of the molecule is CCCC1CCC(CCC(F)(F)Oc2ccc(C3CCC(C4CCC(CC)CC4)CC3)c(F)c2C(F)(F)F)CC1. The van der Waals surface area contributed by atoms with E-state index in [1.54, 1.807) is 0 Å². The highest BCUT2D eigenvalue weighted by Crippen LogP contribution is 2.48. The van der Waals surface area contributed by atoms with Gasteiger partial charge >= 0.3 is 12.3 Å². The van der Waals surface area contributed by atoms with E-state index < -0.39 is 35.8 Å². The second kappa shape index (κ2) is 13.7. The van der Waals surface area contributed by atoms with Crippen LogP contribution in [0.1, 0.15) is 140 Å². The van der Waals surface area contributed by atoms with Gasteiger partial charge in [0.1, 0.15) is 17.1 Å². The Morgan fingerprint density at radius 3 is 1.75 bits per heavy atom.